The highest BCUT2D eigenvalue weighted by atomic mass is 32.1. The quantitative estimate of drug-likeness (QED) is 0.940. The molecule has 0 bridgehead atoms. The number of halogens is 1. The number of nitrogens with one attached hydrogen (secondary N) is 1. The molecule has 104 valence electrons. The summed E-state index contributed by atoms with van der Waals surface area (Å²) >= 11 is 1.75. The molecule has 0 radical (unpaired) electrons. The van der Waals surface area contributed by atoms with Crippen LogP contribution < -0.4 is 5.32 Å². The van der Waals surface area contributed by atoms with E-state index >= 15 is 0 Å². The Morgan fingerprint density at radius 3 is 3.15 bits per heavy atom. The van der Waals surface area contributed by atoms with Crippen LogP contribution in [0.1, 0.15) is 28.6 Å². The summed E-state index contributed by atoms with van der Waals surface area (Å²) in [5.74, 6) is -0.526. The molecule has 0 unspecified atom stereocenters. The van der Waals surface area contributed by atoms with E-state index in [0.29, 0.717) is 12.5 Å². The molecule has 20 heavy (non-hydrogen) atoms. The number of amides is 1. The van der Waals surface area contributed by atoms with Crippen molar-refractivity contribution in [2.24, 2.45) is 5.92 Å². The molecule has 0 aliphatic heterocycles. The Labute approximate surface area is 120 Å². The smallest absolute Gasteiger partial charge is 0.254 e. The van der Waals surface area contributed by atoms with Crippen LogP contribution in [0.4, 0.5) is 4.39 Å². The molecule has 2 atom stereocenters. The van der Waals surface area contributed by atoms with Gasteiger partial charge >= 0.3 is 0 Å². The van der Waals surface area contributed by atoms with Crippen molar-refractivity contribution in [1.29, 1.82) is 0 Å². The zero-order valence-corrected chi connectivity index (χ0v) is 11.9. The molecule has 2 aromatic heterocycles. The first-order chi connectivity index (χ1) is 9.61. The van der Waals surface area contributed by atoms with Crippen molar-refractivity contribution < 1.29 is 9.18 Å². The van der Waals surface area contributed by atoms with Gasteiger partial charge in [0.15, 0.2) is 5.82 Å². The number of hydrogen-bond acceptors (Lipinski definition) is 3. The number of hydrogen-bond donors (Lipinski definition) is 1. The van der Waals surface area contributed by atoms with Gasteiger partial charge in [0.1, 0.15) is 0 Å². The van der Waals surface area contributed by atoms with Gasteiger partial charge in [0, 0.05) is 23.0 Å². The van der Waals surface area contributed by atoms with Gasteiger partial charge < -0.3 is 5.32 Å². The number of nitrogens with zero attached hydrogens (tertiary/aromatic N) is 1. The summed E-state index contributed by atoms with van der Waals surface area (Å²) in [6.07, 6.45) is 3.54. The third-order valence-electron chi connectivity index (χ3n) is 4.02. The molecule has 1 N–H and O–H groups in total. The Hall–Kier alpha value is -1.75. The van der Waals surface area contributed by atoms with Crippen LogP contribution in [0.5, 0.6) is 0 Å². The Morgan fingerprint density at radius 1 is 1.60 bits per heavy atom. The van der Waals surface area contributed by atoms with Gasteiger partial charge in [-0.15, -0.1) is 11.3 Å². The molecule has 1 saturated carbocycles. The van der Waals surface area contributed by atoms with Gasteiger partial charge in [0.25, 0.3) is 5.91 Å². The maximum atomic E-state index is 13.4. The fraction of sp³-hybridized carbons (Fsp3) is 0.333. The SMILES string of the molecule is C[C@@]1(c2cccs2)C[C@H]1CNC(=O)c1ccncc1F. The first kappa shape index (κ1) is 13.2. The van der Waals surface area contributed by atoms with E-state index in [-0.39, 0.29) is 16.9 Å². The van der Waals surface area contributed by atoms with Gasteiger partial charge in [-0.1, -0.05) is 13.0 Å². The molecule has 1 aliphatic rings. The molecule has 2 heterocycles. The second kappa shape index (κ2) is 4.98. The first-order valence-electron chi connectivity index (χ1n) is 6.53. The van der Waals surface area contributed by atoms with E-state index in [4.69, 9.17) is 0 Å². The molecular formula is C15H15FN2OS. The molecule has 3 nitrogen and oxygen atoms in total. The van der Waals surface area contributed by atoms with Crippen molar-refractivity contribution >= 4 is 17.2 Å². The molecular weight excluding hydrogens is 275 g/mol. The van der Waals surface area contributed by atoms with Crippen LogP contribution in [-0.4, -0.2) is 17.4 Å². The molecule has 5 heteroatoms. The summed E-state index contributed by atoms with van der Waals surface area (Å²) < 4.78 is 13.4. The van der Waals surface area contributed by atoms with Crippen molar-refractivity contribution in [2.75, 3.05) is 6.54 Å². The summed E-state index contributed by atoms with van der Waals surface area (Å²) in [5.41, 5.74) is 0.219. The zero-order chi connectivity index (χ0) is 14.2. The molecule has 0 saturated heterocycles. The minimum Gasteiger partial charge on any atom is -0.352 e. The van der Waals surface area contributed by atoms with E-state index < -0.39 is 5.82 Å². The second-order valence-corrected chi connectivity index (χ2v) is 6.31. The average molecular weight is 290 g/mol. The number of pyridine rings is 1. The third kappa shape index (κ3) is 2.33. The third-order valence-corrected chi connectivity index (χ3v) is 5.17. The lowest BCUT2D eigenvalue weighted by Crippen LogP contribution is -2.28. The second-order valence-electron chi connectivity index (χ2n) is 5.36. The fourth-order valence-corrected chi connectivity index (χ4v) is 3.51. The summed E-state index contributed by atoms with van der Waals surface area (Å²) in [6.45, 7) is 2.79. The van der Waals surface area contributed by atoms with Crippen molar-refractivity contribution in [3.63, 3.8) is 0 Å². The summed E-state index contributed by atoms with van der Waals surface area (Å²) in [7, 11) is 0. The maximum absolute atomic E-state index is 13.4. The molecule has 0 aromatic carbocycles. The van der Waals surface area contributed by atoms with Gasteiger partial charge in [0.05, 0.1) is 11.8 Å². The van der Waals surface area contributed by atoms with Gasteiger partial charge in [-0.25, -0.2) is 4.39 Å². The van der Waals surface area contributed by atoms with Crippen LogP contribution in [0.15, 0.2) is 36.0 Å². The Bertz CT molecular complexity index is 629. The van der Waals surface area contributed by atoms with Crippen molar-refractivity contribution in [3.05, 3.63) is 52.2 Å². The van der Waals surface area contributed by atoms with E-state index in [1.807, 2.05) is 6.07 Å². The summed E-state index contributed by atoms with van der Waals surface area (Å²) in [5, 5.41) is 4.89. The summed E-state index contributed by atoms with van der Waals surface area (Å²) in [4.78, 5) is 16.9. The van der Waals surface area contributed by atoms with E-state index in [1.54, 1.807) is 11.3 Å². The van der Waals surface area contributed by atoms with Crippen LogP contribution in [0.25, 0.3) is 0 Å². The lowest BCUT2D eigenvalue weighted by molar-refractivity contribution is 0.0947. The van der Waals surface area contributed by atoms with Crippen LogP contribution in [0.2, 0.25) is 0 Å². The maximum Gasteiger partial charge on any atom is 0.254 e. The molecule has 0 spiro atoms. The number of thiophene rings is 1. The molecule has 2 aromatic rings. The lowest BCUT2D eigenvalue weighted by Gasteiger charge is -2.10. The van der Waals surface area contributed by atoms with Crippen LogP contribution in [-0.2, 0) is 5.41 Å². The Balaban J connectivity index is 1.59. The minimum absolute atomic E-state index is 0.0541. The highest BCUT2D eigenvalue weighted by Gasteiger charge is 2.51. The topological polar surface area (TPSA) is 42.0 Å². The number of rotatable bonds is 4. The van der Waals surface area contributed by atoms with Crippen molar-refractivity contribution in [2.45, 2.75) is 18.8 Å². The molecule has 1 fully saturated rings. The van der Waals surface area contributed by atoms with Crippen LogP contribution in [0, 0.1) is 11.7 Å². The average Bonchev–Trinajstić information content (AvgIpc) is 2.89. The predicted molar refractivity (Wildman–Crippen MR) is 76.3 cm³/mol. The van der Waals surface area contributed by atoms with Crippen molar-refractivity contribution in [3.8, 4) is 0 Å². The zero-order valence-electron chi connectivity index (χ0n) is 11.1. The standard InChI is InChI=1S/C15H15FN2OS/c1-15(13-3-2-6-20-13)7-10(15)8-18-14(19)11-4-5-17-9-12(11)16/h2-6,9-10H,7-8H2,1H3,(H,18,19)/t10-,15+/m0/s1. The summed E-state index contributed by atoms with van der Waals surface area (Å²) in [6, 6.07) is 5.58. The van der Waals surface area contributed by atoms with Gasteiger partial charge in [-0.2, -0.15) is 0 Å². The highest BCUT2D eigenvalue weighted by Crippen LogP contribution is 2.54. The normalized spacial score (nSPS) is 24.4. The highest BCUT2D eigenvalue weighted by molar-refractivity contribution is 7.10. The van der Waals surface area contributed by atoms with E-state index in [2.05, 4.69) is 28.7 Å². The monoisotopic (exact) mass is 290 g/mol. The Kier molecular flexibility index (Phi) is 3.30. The van der Waals surface area contributed by atoms with Gasteiger partial charge in [-0.3, -0.25) is 9.78 Å². The van der Waals surface area contributed by atoms with E-state index in [0.717, 1.165) is 12.6 Å². The first-order valence-corrected chi connectivity index (χ1v) is 7.41. The number of carbonyl (C=O) groups is 1. The largest absolute Gasteiger partial charge is 0.352 e. The Morgan fingerprint density at radius 2 is 2.45 bits per heavy atom. The van der Waals surface area contributed by atoms with Crippen molar-refractivity contribution in [1.82, 2.24) is 10.3 Å². The van der Waals surface area contributed by atoms with Crippen LogP contribution >= 0.6 is 11.3 Å². The van der Waals surface area contributed by atoms with E-state index in [1.165, 1.54) is 17.1 Å². The van der Waals surface area contributed by atoms with Gasteiger partial charge in [0.2, 0.25) is 0 Å². The fourth-order valence-electron chi connectivity index (χ4n) is 2.53. The van der Waals surface area contributed by atoms with Gasteiger partial charge in [-0.05, 0) is 29.9 Å². The number of aromatic nitrogens is 1. The lowest BCUT2D eigenvalue weighted by atomic mass is 10.0. The predicted octanol–water partition coefficient (Wildman–Crippen LogP) is 2.99. The number of carbonyl (C=O) groups excluding carboxylic acids is 1. The molecule has 3 rings (SSSR count). The van der Waals surface area contributed by atoms with E-state index in [9.17, 15) is 9.18 Å². The molecule has 1 amide bonds. The minimum atomic E-state index is -0.582. The molecule has 1 aliphatic carbocycles. The van der Waals surface area contributed by atoms with Crippen LogP contribution in [0.3, 0.4) is 0 Å².